The molecule has 1 atom stereocenters. The van der Waals surface area contributed by atoms with E-state index in [9.17, 15) is 9.59 Å². The summed E-state index contributed by atoms with van der Waals surface area (Å²) in [5.41, 5.74) is 2.23. The van der Waals surface area contributed by atoms with Crippen molar-refractivity contribution in [1.29, 1.82) is 0 Å². The van der Waals surface area contributed by atoms with E-state index in [4.69, 9.17) is 0 Å². The maximum Gasteiger partial charge on any atom is 0.227 e. The molecule has 124 valence electrons. The van der Waals surface area contributed by atoms with Gasteiger partial charge in [0.25, 0.3) is 0 Å². The van der Waals surface area contributed by atoms with Gasteiger partial charge in [-0.1, -0.05) is 11.8 Å². The second kappa shape index (κ2) is 7.39. The first-order chi connectivity index (χ1) is 11.1. The Morgan fingerprint density at radius 1 is 1.13 bits per heavy atom. The van der Waals surface area contributed by atoms with Crippen molar-refractivity contribution in [1.82, 2.24) is 0 Å². The van der Waals surface area contributed by atoms with Gasteiger partial charge < -0.3 is 9.80 Å². The summed E-state index contributed by atoms with van der Waals surface area (Å²) in [4.78, 5) is 27.6. The minimum Gasteiger partial charge on any atom is -0.372 e. The van der Waals surface area contributed by atoms with Crippen LogP contribution in [0.2, 0.25) is 0 Å². The first-order valence-electron chi connectivity index (χ1n) is 8.42. The van der Waals surface area contributed by atoms with E-state index in [2.05, 4.69) is 29.2 Å². The van der Waals surface area contributed by atoms with E-state index >= 15 is 0 Å². The zero-order chi connectivity index (χ0) is 16.2. The Labute approximate surface area is 142 Å². The molecule has 23 heavy (non-hydrogen) atoms. The summed E-state index contributed by atoms with van der Waals surface area (Å²) in [5.74, 6) is 1.19. The second-order valence-corrected chi connectivity index (χ2v) is 7.64. The number of hydrogen-bond acceptors (Lipinski definition) is 4. The third-order valence-corrected chi connectivity index (χ3v) is 5.65. The molecule has 0 aliphatic carbocycles. The Balaban J connectivity index is 1.62. The zero-order valence-corrected chi connectivity index (χ0v) is 14.5. The molecule has 2 heterocycles. The highest BCUT2D eigenvalue weighted by Gasteiger charge is 2.30. The fourth-order valence-electron chi connectivity index (χ4n) is 3.37. The van der Waals surface area contributed by atoms with Crippen LogP contribution in [0.25, 0.3) is 0 Å². The topological polar surface area (TPSA) is 40.6 Å². The fourth-order valence-corrected chi connectivity index (χ4v) is 4.07. The van der Waals surface area contributed by atoms with Gasteiger partial charge in [-0.3, -0.25) is 9.59 Å². The summed E-state index contributed by atoms with van der Waals surface area (Å²) in [7, 11) is 0. The molecule has 3 rings (SSSR count). The van der Waals surface area contributed by atoms with Gasteiger partial charge in [0.15, 0.2) is 5.12 Å². The molecule has 0 radical (unpaired) electrons. The lowest BCUT2D eigenvalue weighted by molar-refractivity contribution is -0.117. The predicted molar refractivity (Wildman–Crippen MR) is 96.1 cm³/mol. The van der Waals surface area contributed by atoms with Gasteiger partial charge in [-0.25, -0.2) is 0 Å². The van der Waals surface area contributed by atoms with E-state index in [1.165, 1.54) is 36.7 Å². The molecule has 2 saturated heterocycles. The van der Waals surface area contributed by atoms with Crippen LogP contribution >= 0.6 is 11.8 Å². The highest BCUT2D eigenvalue weighted by molar-refractivity contribution is 8.13. The number of hydrogen-bond donors (Lipinski definition) is 0. The van der Waals surface area contributed by atoms with Crippen LogP contribution in [-0.2, 0) is 9.59 Å². The van der Waals surface area contributed by atoms with Crippen molar-refractivity contribution in [3.8, 4) is 0 Å². The van der Waals surface area contributed by atoms with Gasteiger partial charge in [-0.05, 0) is 49.4 Å². The molecule has 1 unspecified atom stereocenters. The summed E-state index contributed by atoms with van der Waals surface area (Å²) in [6, 6.07) is 8.38. The molecule has 1 aromatic rings. The standard InChI is InChI=1S/C18H24N2O2S/c1-14(21)23-13-15-11-18(22)20(12-15)17-7-5-16(6-8-17)19-9-3-2-4-10-19/h5-8,15H,2-4,9-13H2,1H3. The molecule has 0 spiro atoms. The lowest BCUT2D eigenvalue weighted by Crippen LogP contribution is -2.29. The van der Waals surface area contributed by atoms with Crippen molar-refractivity contribution in [3.05, 3.63) is 24.3 Å². The van der Waals surface area contributed by atoms with Crippen LogP contribution in [0.5, 0.6) is 0 Å². The monoisotopic (exact) mass is 332 g/mol. The zero-order valence-electron chi connectivity index (χ0n) is 13.7. The Morgan fingerprint density at radius 3 is 2.43 bits per heavy atom. The quantitative estimate of drug-likeness (QED) is 0.848. The summed E-state index contributed by atoms with van der Waals surface area (Å²) in [6.07, 6.45) is 4.41. The van der Waals surface area contributed by atoms with Crippen molar-refractivity contribution < 1.29 is 9.59 Å². The molecule has 0 aromatic heterocycles. The molecule has 0 saturated carbocycles. The number of carbonyl (C=O) groups excluding carboxylic acids is 2. The van der Waals surface area contributed by atoms with E-state index in [-0.39, 0.29) is 16.9 Å². The first-order valence-corrected chi connectivity index (χ1v) is 9.41. The van der Waals surface area contributed by atoms with Gasteiger partial charge in [-0.15, -0.1) is 0 Å². The van der Waals surface area contributed by atoms with E-state index in [1.54, 1.807) is 6.92 Å². The molecule has 1 aromatic carbocycles. The van der Waals surface area contributed by atoms with Crippen LogP contribution in [0.3, 0.4) is 0 Å². The lowest BCUT2D eigenvalue weighted by atomic mass is 10.1. The fraction of sp³-hybridized carbons (Fsp3) is 0.556. The minimum atomic E-state index is 0.127. The van der Waals surface area contributed by atoms with Crippen LogP contribution in [0.4, 0.5) is 11.4 Å². The molecule has 0 bridgehead atoms. The van der Waals surface area contributed by atoms with Crippen LogP contribution in [0.15, 0.2) is 24.3 Å². The highest BCUT2D eigenvalue weighted by atomic mass is 32.2. The average molecular weight is 332 g/mol. The third kappa shape index (κ3) is 4.08. The molecule has 2 aliphatic rings. The Kier molecular flexibility index (Phi) is 5.26. The van der Waals surface area contributed by atoms with Crippen molar-refractivity contribution in [2.75, 3.05) is 35.2 Å². The molecular formula is C18H24N2O2S. The van der Waals surface area contributed by atoms with Gasteiger partial charge >= 0.3 is 0 Å². The number of thioether (sulfide) groups is 1. The third-order valence-electron chi connectivity index (χ3n) is 4.61. The van der Waals surface area contributed by atoms with Crippen molar-refractivity contribution in [2.45, 2.75) is 32.6 Å². The lowest BCUT2D eigenvalue weighted by Gasteiger charge is -2.29. The molecule has 4 nitrogen and oxygen atoms in total. The van der Waals surface area contributed by atoms with E-state index in [0.717, 1.165) is 31.1 Å². The smallest absolute Gasteiger partial charge is 0.227 e. The first kappa shape index (κ1) is 16.4. The number of anilines is 2. The van der Waals surface area contributed by atoms with Crippen molar-refractivity contribution in [3.63, 3.8) is 0 Å². The number of benzene rings is 1. The second-order valence-electron chi connectivity index (χ2n) is 6.44. The molecular weight excluding hydrogens is 308 g/mol. The molecule has 2 aliphatic heterocycles. The summed E-state index contributed by atoms with van der Waals surface area (Å²) < 4.78 is 0. The Bertz CT molecular complexity index is 567. The Morgan fingerprint density at radius 2 is 1.78 bits per heavy atom. The van der Waals surface area contributed by atoms with Gasteiger partial charge in [0.1, 0.15) is 0 Å². The van der Waals surface area contributed by atoms with E-state index in [0.29, 0.717) is 6.42 Å². The van der Waals surface area contributed by atoms with Crippen molar-refractivity contribution in [2.24, 2.45) is 5.92 Å². The van der Waals surface area contributed by atoms with Crippen LogP contribution in [0, 0.1) is 5.92 Å². The van der Waals surface area contributed by atoms with Gasteiger partial charge in [-0.2, -0.15) is 0 Å². The number of nitrogens with zero attached hydrogens (tertiary/aromatic N) is 2. The van der Waals surface area contributed by atoms with Crippen LogP contribution < -0.4 is 9.80 Å². The van der Waals surface area contributed by atoms with E-state index < -0.39 is 0 Å². The number of amides is 1. The van der Waals surface area contributed by atoms with Crippen LogP contribution in [0.1, 0.15) is 32.6 Å². The molecule has 2 fully saturated rings. The van der Waals surface area contributed by atoms with Crippen molar-refractivity contribution >= 4 is 34.2 Å². The largest absolute Gasteiger partial charge is 0.372 e. The normalized spacial score (nSPS) is 21.8. The predicted octanol–water partition coefficient (Wildman–Crippen LogP) is 3.31. The van der Waals surface area contributed by atoms with Gasteiger partial charge in [0.05, 0.1) is 0 Å². The van der Waals surface area contributed by atoms with Gasteiger partial charge in [0.2, 0.25) is 5.91 Å². The Hall–Kier alpha value is -1.49. The summed E-state index contributed by atoms with van der Waals surface area (Å²) in [6.45, 7) is 4.57. The molecule has 1 amide bonds. The van der Waals surface area contributed by atoms with Gasteiger partial charge in [0, 0.05) is 50.1 Å². The summed E-state index contributed by atoms with van der Waals surface area (Å²) >= 11 is 1.32. The average Bonchev–Trinajstić information content (AvgIpc) is 2.95. The van der Waals surface area contributed by atoms with E-state index in [1.807, 2.05) is 4.90 Å². The highest BCUT2D eigenvalue weighted by Crippen LogP contribution is 2.29. The molecule has 5 heteroatoms. The maximum absolute atomic E-state index is 12.2. The number of piperidine rings is 1. The maximum atomic E-state index is 12.2. The van der Waals surface area contributed by atoms with Crippen LogP contribution in [-0.4, -0.2) is 36.4 Å². The number of carbonyl (C=O) groups is 2. The number of rotatable bonds is 4. The SMILES string of the molecule is CC(=O)SCC1CC(=O)N(c2ccc(N3CCCCC3)cc2)C1. The minimum absolute atomic E-state index is 0.127. The molecule has 0 N–H and O–H groups in total. The summed E-state index contributed by atoms with van der Waals surface area (Å²) in [5, 5.41) is 0.127.